The van der Waals surface area contributed by atoms with Gasteiger partial charge in [0.1, 0.15) is 0 Å². The standard InChI is InChI=1S/C11H12BrNO3/c1-6(3-13)9-8(12)2-7(4-14)10-11(9)16-5-15-10/h2,4,6H,3,5,13H2,1H3. The minimum Gasteiger partial charge on any atom is -0.453 e. The fourth-order valence-corrected chi connectivity index (χ4v) is 2.56. The van der Waals surface area contributed by atoms with Gasteiger partial charge < -0.3 is 15.2 Å². The van der Waals surface area contributed by atoms with Gasteiger partial charge in [0.25, 0.3) is 0 Å². The van der Waals surface area contributed by atoms with Crippen LogP contribution >= 0.6 is 15.9 Å². The molecule has 86 valence electrons. The normalized spacial score (nSPS) is 14.9. The third-order valence-corrected chi connectivity index (χ3v) is 3.29. The number of carbonyl (C=O) groups is 1. The molecule has 1 aromatic rings. The average molecular weight is 286 g/mol. The van der Waals surface area contributed by atoms with Gasteiger partial charge in [0.2, 0.25) is 6.79 Å². The molecule has 1 aliphatic rings. The zero-order valence-electron chi connectivity index (χ0n) is 8.83. The molecular weight excluding hydrogens is 274 g/mol. The van der Waals surface area contributed by atoms with Crippen LogP contribution in [0.4, 0.5) is 0 Å². The van der Waals surface area contributed by atoms with Crippen molar-refractivity contribution in [3.05, 3.63) is 21.7 Å². The molecule has 0 amide bonds. The summed E-state index contributed by atoms with van der Waals surface area (Å²) in [5, 5.41) is 0. The van der Waals surface area contributed by atoms with Gasteiger partial charge in [-0.15, -0.1) is 0 Å². The summed E-state index contributed by atoms with van der Waals surface area (Å²) in [7, 11) is 0. The molecule has 0 bridgehead atoms. The number of rotatable bonds is 3. The van der Waals surface area contributed by atoms with E-state index in [1.54, 1.807) is 6.07 Å². The molecule has 0 fully saturated rings. The van der Waals surface area contributed by atoms with E-state index < -0.39 is 0 Å². The summed E-state index contributed by atoms with van der Waals surface area (Å²) in [4.78, 5) is 10.9. The molecule has 1 aliphatic heterocycles. The van der Waals surface area contributed by atoms with Gasteiger partial charge in [0, 0.05) is 10.0 Å². The second-order valence-electron chi connectivity index (χ2n) is 3.68. The quantitative estimate of drug-likeness (QED) is 0.864. The summed E-state index contributed by atoms with van der Waals surface area (Å²) in [5.74, 6) is 1.30. The number of nitrogens with two attached hydrogens (primary N) is 1. The van der Waals surface area contributed by atoms with Gasteiger partial charge in [-0.25, -0.2) is 0 Å². The van der Waals surface area contributed by atoms with E-state index in [1.807, 2.05) is 6.92 Å². The zero-order valence-corrected chi connectivity index (χ0v) is 10.4. The van der Waals surface area contributed by atoms with Crippen molar-refractivity contribution in [3.8, 4) is 11.5 Å². The lowest BCUT2D eigenvalue weighted by Crippen LogP contribution is -2.10. The molecule has 0 radical (unpaired) electrons. The Morgan fingerprint density at radius 2 is 2.25 bits per heavy atom. The summed E-state index contributed by atoms with van der Waals surface area (Å²) in [6, 6.07) is 1.74. The fourth-order valence-electron chi connectivity index (χ4n) is 1.75. The summed E-state index contributed by atoms with van der Waals surface area (Å²) in [5.41, 5.74) is 7.10. The molecule has 1 unspecified atom stereocenters. The van der Waals surface area contributed by atoms with Gasteiger partial charge in [0.15, 0.2) is 17.8 Å². The Bertz CT molecular complexity index is 434. The lowest BCUT2D eigenvalue weighted by atomic mass is 9.98. The van der Waals surface area contributed by atoms with E-state index in [-0.39, 0.29) is 12.7 Å². The highest BCUT2D eigenvalue weighted by atomic mass is 79.9. The molecule has 1 heterocycles. The van der Waals surface area contributed by atoms with Crippen molar-refractivity contribution in [2.24, 2.45) is 5.73 Å². The number of fused-ring (bicyclic) bond motifs is 1. The molecule has 0 spiro atoms. The van der Waals surface area contributed by atoms with Crippen molar-refractivity contribution in [1.82, 2.24) is 0 Å². The first-order valence-corrected chi connectivity index (χ1v) is 5.75. The molecule has 0 aliphatic carbocycles. The van der Waals surface area contributed by atoms with Crippen LogP contribution < -0.4 is 15.2 Å². The fraction of sp³-hybridized carbons (Fsp3) is 0.364. The number of carbonyl (C=O) groups excluding carboxylic acids is 1. The Morgan fingerprint density at radius 3 is 2.88 bits per heavy atom. The van der Waals surface area contributed by atoms with Gasteiger partial charge in [-0.3, -0.25) is 4.79 Å². The highest BCUT2D eigenvalue weighted by molar-refractivity contribution is 9.10. The number of hydrogen-bond donors (Lipinski definition) is 1. The minimum absolute atomic E-state index is 0.144. The van der Waals surface area contributed by atoms with Crippen LogP contribution in [0.5, 0.6) is 11.5 Å². The second-order valence-corrected chi connectivity index (χ2v) is 4.54. The van der Waals surface area contributed by atoms with Crippen molar-refractivity contribution in [1.29, 1.82) is 0 Å². The molecule has 0 saturated carbocycles. The third kappa shape index (κ3) is 1.70. The molecule has 4 nitrogen and oxygen atoms in total. The Kier molecular flexibility index (Phi) is 3.16. The van der Waals surface area contributed by atoms with Crippen LogP contribution in [0.15, 0.2) is 10.5 Å². The lowest BCUT2D eigenvalue weighted by molar-refractivity contribution is 0.111. The lowest BCUT2D eigenvalue weighted by Gasteiger charge is -2.15. The van der Waals surface area contributed by atoms with Gasteiger partial charge in [0.05, 0.1) is 5.56 Å². The van der Waals surface area contributed by atoms with Crippen LogP contribution in [0.3, 0.4) is 0 Å². The van der Waals surface area contributed by atoms with Gasteiger partial charge in [-0.2, -0.15) is 0 Å². The molecule has 2 rings (SSSR count). The van der Waals surface area contributed by atoms with Crippen molar-refractivity contribution in [3.63, 3.8) is 0 Å². The molecule has 0 saturated heterocycles. The van der Waals surface area contributed by atoms with Gasteiger partial charge in [-0.1, -0.05) is 22.9 Å². The number of aldehydes is 1. The predicted octanol–water partition coefficient (Wildman–Crippen LogP) is 2.05. The van der Waals surface area contributed by atoms with Crippen LogP contribution in [0, 0.1) is 0 Å². The van der Waals surface area contributed by atoms with E-state index in [0.29, 0.717) is 23.6 Å². The first-order chi connectivity index (χ1) is 7.69. The maximum atomic E-state index is 10.9. The molecular formula is C11H12BrNO3. The first kappa shape index (κ1) is 11.4. The molecule has 0 aromatic heterocycles. The number of halogens is 1. The van der Waals surface area contributed by atoms with E-state index in [1.165, 1.54) is 0 Å². The average Bonchev–Trinajstić information content (AvgIpc) is 2.75. The largest absolute Gasteiger partial charge is 0.453 e. The maximum Gasteiger partial charge on any atom is 0.231 e. The number of benzene rings is 1. The molecule has 5 heteroatoms. The van der Waals surface area contributed by atoms with Crippen molar-refractivity contribution in [2.45, 2.75) is 12.8 Å². The highest BCUT2D eigenvalue weighted by Gasteiger charge is 2.26. The third-order valence-electron chi connectivity index (χ3n) is 2.63. The van der Waals surface area contributed by atoms with Crippen molar-refractivity contribution >= 4 is 22.2 Å². The molecule has 1 aromatic carbocycles. The van der Waals surface area contributed by atoms with E-state index >= 15 is 0 Å². The SMILES string of the molecule is CC(CN)c1c(Br)cc(C=O)c2c1OCO2. The van der Waals surface area contributed by atoms with Gasteiger partial charge >= 0.3 is 0 Å². The van der Waals surface area contributed by atoms with E-state index in [9.17, 15) is 4.79 Å². The van der Waals surface area contributed by atoms with Crippen molar-refractivity contribution < 1.29 is 14.3 Å². The zero-order chi connectivity index (χ0) is 11.7. The Hall–Kier alpha value is -1.07. The van der Waals surface area contributed by atoms with Crippen LogP contribution in [-0.4, -0.2) is 19.6 Å². The second kappa shape index (κ2) is 4.43. The number of ether oxygens (including phenoxy) is 2. The van der Waals surface area contributed by atoms with Crippen LogP contribution in [0.25, 0.3) is 0 Å². The maximum absolute atomic E-state index is 10.9. The highest BCUT2D eigenvalue weighted by Crippen LogP contribution is 2.45. The van der Waals surface area contributed by atoms with E-state index in [4.69, 9.17) is 15.2 Å². The van der Waals surface area contributed by atoms with Crippen LogP contribution in [0.2, 0.25) is 0 Å². The van der Waals surface area contributed by atoms with Crippen molar-refractivity contribution in [2.75, 3.05) is 13.3 Å². The Labute approximate surface area is 102 Å². The number of hydrogen-bond acceptors (Lipinski definition) is 4. The smallest absolute Gasteiger partial charge is 0.231 e. The topological polar surface area (TPSA) is 61.6 Å². The molecule has 2 N–H and O–H groups in total. The summed E-state index contributed by atoms with van der Waals surface area (Å²) in [6.07, 6.45) is 0.759. The summed E-state index contributed by atoms with van der Waals surface area (Å²) < 4.78 is 11.5. The summed E-state index contributed by atoms with van der Waals surface area (Å²) in [6.45, 7) is 2.66. The Morgan fingerprint density at radius 1 is 1.56 bits per heavy atom. The molecule has 16 heavy (non-hydrogen) atoms. The van der Waals surface area contributed by atoms with E-state index in [2.05, 4.69) is 15.9 Å². The van der Waals surface area contributed by atoms with Crippen LogP contribution in [0.1, 0.15) is 28.8 Å². The first-order valence-electron chi connectivity index (χ1n) is 4.96. The monoisotopic (exact) mass is 285 g/mol. The predicted molar refractivity (Wildman–Crippen MR) is 63.1 cm³/mol. The minimum atomic E-state index is 0.144. The molecule has 1 atom stereocenters. The van der Waals surface area contributed by atoms with Gasteiger partial charge in [-0.05, 0) is 18.5 Å². The summed E-state index contributed by atoms with van der Waals surface area (Å²) >= 11 is 3.43. The Balaban J connectivity index is 2.62. The van der Waals surface area contributed by atoms with E-state index in [0.717, 1.165) is 16.3 Å². The van der Waals surface area contributed by atoms with Crippen LogP contribution in [-0.2, 0) is 0 Å².